The van der Waals surface area contributed by atoms with Crippen LogP contribution in [-0.4, -0.2) is 19.9 Å². The second-order valence-corrected chi connectivity index (χ2v) is 5.57. The Morgan fingerprint density at radius 3 is 2.28 bits per heavy atom. The van der Waals surface area contributed by atoms with Gasteiger partial charge in [-0.15, -0.1) is 0 Å². The third kappa shape index (κ3) is 3.34. The second-order valence-electron chi connectivity index (χ2n) is 5.57. The topological polar surface area (TPSA) is 20.3 Å². The minimum Gasteiger partial charge on any atom is -0.378 e. The van der Waals surface area contributed by atoms with Crippen molar-refractivity contribution < 1.29 is 4.79 Å². The lowest BCUT2D eigenvalue weighted by atomic mass is 9.85. The molecule has 98 valence electrons. The first kappa shape index (κ1) is 13.1. The number of ketones is 1. The van der Waals surface area contributed by atoms with Crippen molar-refractivity contribution in [3.63, 3.8) is 0 Å². The number of Topliss-reactive ketones (excluding diaryl/α,β-unsaturated/α-hetero) is 1. The molecule has 1 aromatic rings. The van der Waals surface area contributed by atoms with Gasteiger partial charge >= 0.3 is 0 Å². The van der Waals surface area contributed by atoms with Gasteiger partial charge in [0.15, 0.2) is 5.78 Å². The molecule has 1 aliphatic rings. The molecule has 0 radical (unpaired) electrons. The quantitative estimate of drug-likeness (QED) is 0.750. The zero-order chi connectivity index (χ0) is 13.0. The van der Waals surface area contributed by atoms with Gasteiger partial charge in [-0.05, 0) is 30.2 Å². The van der Waals surface area contributed by atoms with Crippen LogP contribution in [0.25, 0.3) is 0 Å². The third-order valence-corrected chi connectivity index (χ3v) is 3.90. The molecule has 0 saturated heterocycles. The second kappa shape index (κ2) is 6.03. The van der Waals surface area contributed by atoms with E-state index in [1.54, 1.807) is 0 Å². The highest BCUT2D eigenvalue weighted by molar-refractivity contribution is 5.96. The van der Waals surface area contributed by atoms with Crippen molar-refractivity contribution >= 4 is 11.5 Å². The number of benzene rings is 1. The van der Waals surface area contributed by atoms with Gasteiger partial charge in [0.05, 0.1) is 0 Å². The molecule has 0 heterocycles. The van der Waals surface area contributed by atoms with Crippen LogP contribution in [0.1, 0.15) is 48.9 Å². The molecule has 0 aromatic heterocycles. The van der Waals surface area contributed by atoms with Crippen molar-refractivity contribution in [2.75, 3.05) is 19.0 Å². The highest BCUT2D eigenvalue weighted by Crippen LogP contribution is 2.27. The fraction of sp³-hybridized carbons (Fsp3) is 0.562. The summed E-state index contributed by atoms with van der Waals surface area (Å²) in [6, 6.07) is 7.96. The summed E-state index contributed by atoms with van der Waals surface area (Å²) >= 11 is 0. The molecule has 0 spiro atoms. The first-order valence-corrected chi connectivity index (χ1v) is 6.97. The lowest BCUT2D eigenvalue weighted by Crippen LogP contribution is -2.13. The normalized spacial score (nSPS) is 16.6. The molecule has 1 aromatic carbocycles. The number of carbonyl (C=O) groups excluding carboxylic acids is 1. The van der Waals surface area contributed by atoms with E-state index in [0.717, 1.165) is 17.7 Å². The number of anilines is 1. The van der Waals surface area contributed by atoms with Gasteiger partial charge in [0.2, 0.25) is 0 Å². The van der Waals surface area contributed by atoms with E-state index in [0.29, 0.717) is 11.7 Å². The number of nitrogens with zero attached hydrogens (tertiary/aromatic N) is 1. The predicted molar refractivity (Wildman–Crippen MR) is 76.3 cm³/mol. The highest BCUT2D eigenvalue weighted by atomic mass is 16.1. The van der Waals surface area contributed by atoms with Crippen molar-refractivity contribution in [2.45, 2.75) is 38.5 Å². The van der Waals surface area contributed by atoms with Crippen molar-refractivity contribution in [3.8, 4) is 0 Å². The largest absolute Gasteiger partial charge is 0.378 e. The SMILES string of the molecule is CN(C)c1ccc(C(=O)CC2CCCCC2)cc1. The van der Waals surface area contributed by atoms with Crippen LogP contribution in [0.15, 0.2) is 24.3 Å². The summed E-state index contributed by atoms with van der Waals surface area (Å²) in [6.07, 6.45) is 7.17. The Bertz CT molecular complexity index is 388. The van der Waals surface area contributed by atoms with E-state index in [2.05, 4.69) is 4.90 Å². The molecule has 2 nitrogen and oxygen atoms in total. The summed E-state index contributed by atoms with van der Waals surface area (Å²) in [6.45, 7) is 0. The van der Waals surface area contributed by atoms with Gasteiger partial charge in [0, 0.05) is 31.8 Å². The van der Waals surface area contributed by atoms with Crippen LogP contribution >= 0.6 is 0 Å². The van der Waals surface area contributed by atoms with E-state index >= 15 is 0 Å². The summed E-state index contributed by atoms with van der Waals surface area (Å²) in [7, 11) is 4.03. The van der Waals surface area contributed by atoms with Crippen molar-refractivity contribution in [2.24, 2.45) is 5.92 Å². The van der Waals surface area contributed by atoms with Crippen LogP contribution < -0.4 is 4.90 Å². The average Bonchev–Trinajstić information content (AvgIpc) is 2.40. The minimum absolute atomic E-state index is 0.312. The summed E-state index contributed by atoms with van der Waals surface area (Å²) < 4.78 is 0. The summed E-state index contributed by atoms with van der Waals surface area (Å²) in [5.41, 5.74) is 2.01. The lowest BCUT2D eigenvalue weighted by molar-refractivity contribution is 0.0950. The van der Waals surface area contributed by atoms with Crippen LogP contribution in [0.5, 0.6) is 0 Å². The molecule has 1 saturated carbocycles. The van der Waals surface area contributed by atoms with Gasteiger partial charge in [0.1, 0.15) is 0 Å². The Balaban J connectivity index is 1.95. The molecule has 0 atom stereocenters. The fourth-order valence-corrected chi connectivity index (χ4v) is 2.72. The maximum atomic E-state index is 12.2. The molecule has 0 amide bonds. The van der Waals surface area contributed by atoms with Crippen LogP contribution in [-0.2, 0) is 0 Å². The fourth-order valence-electron chi connectivity index (χ4n) is 2.72. The summed E-state index contributed by atoms with van der Waals surface area (Å²) in [5, 5.41) is 0. The van der Waals surface area contributed by atoms with E-state index < -0.39 is 0 Å². The highest BCUT2D eigenvalue weighted by Gasteiger charge is 2.17. The van der Waals surface area contributed by atoms with Crippen molar-refractivity contribution in [3.05, 3.63) is 29.8 Å². The van der Waals surface area contributed by atoms with Gasteiger partial charge in [-0.1, -0.05) is 32.1 Å². The van der Waals surface area contributed by atoms with Crippen LogP contribution in [0.4, 0.5) is 5.69 Å². The first-order valence-electron chi connectivity index (χ1n) is 6.97. The van der Waals surface area contributed by atoms with E-state index in [9.17, 15) is 4.79 Å². The molecule has 1 fully saturated rings. The molecule has 2 rings (SSSR count). The Labute approximate surface area is 110 Å². The molecule has 1 aliphatic carbocycles. The average molecular weight is 245 g/mol. The zero-order valence-electron chi connectivity index (χ0n) is 11.5. The molecule has 0 N–H and O–H groups in total. The van der Waals surface area contributed by atoms with Crippen LogP contribution in [0.3, 0.4) is 0 Å². The molecular formula is C16H23NO. The first-order chi connectivity index (χ1) is 8.66. The Morgan fingerprint density at radius 1 is 1.11 bits per heavy atom. The van der Waals surface area contributed by atoms with E-state index in [4.69, 9.17) is 0 Å². The summed E-state index contributed by atoms with van der Waals surface area (Å²) in [5.74, 6) is 0.937. The maximum Gasteiger partial charge on any atom is 0.163 e. The van der Waals surface area contributed by atoms with Gasteiger partial charge in [-0.25, -0.2) is 0 Å². The number of hydrogen-bond donors (Lipinski definition) is 0. The number of carbonyl (C=O) groups is 1. The van der Waals surface area contributed by atoms with Gasteiger partial charge in [-0.2, -0.15) is 0 Å². The zero-order valence-corrected chi connectivity index (χ0v) is 11.5. The van der Waals surface area contributed by atoms with Crippen molar-refractivity contribution in [1.29, 1.82) is 0 Å². The third-order valence-electron chi connectivity index (χ3n) is 3.90. The van der Waals surface area contributed by atoms with Gasteiger partial charge in [0.25, 0.3) is 0 Å². The molecule has 0 unspecified atom stereocenters. The predicted octanol–water partition coefficient (Wildman–Crippen LogP) is 3.91. The Hall–Kier alpha value is -1.31. The smallest absolute Gasteiger partial charge is 0.163 e. The number of hydrogen-bond acceptors (Lipinski definition) is 2. The van der Waals surface area contributed by atoms with Crippen LogP contribution in [0, 0.1) is 5.92 Å². The van der Waals surface area contributed by atoms with E-state index in [-0.39, 0.29) is 0 Å². The lowest BCUT2D eigenvalue weighted by Gasteiger charge is -2.20. The molecule has 2 heteroatoms. The maximum absolute atomic E-state index is 12.2. The minimum atomic E-state index is 0.312. The number of rotatable bonds is 4. The standard InChI is InChI=1S/C16H23NO/c1-17(2)15-10-8-14(9-11-15)16(18)12-13-6-4-3-5-7-13/h8-11,13H,3-7,12H2,1-2H3. The molecule has 0 aliphatic heterocycles. The van der Waals surface area contributed by atoms with E-state index in [1.165, 1.54) is 32.1 Å². The van der Waals surface area contributed by atoms with E-state index in [1.807, 2.05) is 38.4 Å². The monoisotopic (exact) mass is 245 g/mol. The molecular weight excluding hydrogens is 222 g/mol. The Kier molecular flexibility index (Phi) is 4.40. The van der Waals surface area contributed by atoms with Gasteiger partial charge in [-0.3, -0.25) is 4.79 Å². The van der Waals surface area contributed by atoms with Gasteiger partial charge < -0.3 is 4.90 Å². The van der Waals surface area contributed by atoms with Crippen LogP contribution in [0.2, 0.25) is 0 Å². The molecule has 18 heavy (non-hydrogen) atoms. The molecule has 0 bridgehead atoms. The Morgan fingerprint density at radius 2 is 1.72 bits per heavy atom. The summed E-state index contributed by atoms with van der Waals surface area (Å²) in [4.78, 5) is 14.2. The van der Waals surface area contributed by atoms with Crippen molar-refractivity contribution in [1.82, 2.24) is 0 Å².